The highest BCUT2D eigenvalue weighted by Crippen LogP contribution is 2.37. The summed E-state index contributed by atoms with van der Waals surface area (Å²) in [7, 11) is 0. The Labute approximate surface area is 197 Å². The zero-order chi connectivity index (χ0) is 23.9. The number of alkyl halides is 2. The number of nitrogens with one attached hydrogen (secondary N) is 1. The molecule has 0 spiro atoms. The number of carbonyl (C=O) groups is 4. The lowest BCUT2D eigenvalue weighted by atomic mass is 9.99. The van der Waals surface area contributed by atoms with Crippen molar-refractivity contribution in [2.75, 3.05) is 0 Å². The van der Waals surface area contributed by atoms with Crippen LogP contribution < -0.4 is 5.32 Å². The van der Waals surface area contributed by atoms with E-state index >= 15 is 0 Å². The number of rotatable bonds is 6. The van der Waals surface area contributed by atoms with E-state index in [0.29, 0.717) is 34.4 Å². The highest BCUT2D eigenvalue weighted by atomic mass is 35.5. The van der Waals surface area contributed by atoms with Crippen molar-refractivity contribution in [2.24, 2.45) is 0 Å². The number of hydrogen-bond acceptors (Lipinski definition) is 5. The number of aryl methyl sites for hydroxylation is 2. The molecule has 1 N–H and O–H groups in total. The summed E-state index contributed by atoms with van der Waals surface area (Å²) >= 11 is 7.18. The number of ketones is 1. The van der Waals surface area contributed by atoms with Crippen LogP contribution in [0.2, 0.25) is 5.02 Å². The third-order valence-electron chi connectivity index (χ3n) is 6.09. The molecule has 33 heavy (non-hydrogen) atoms. The van der Waals surface area contributed by atoms with E-state index in [9.17, 15) is 28.0 Å². The Morgan fingerprint density at radius 3 is 2.79 bits per heavy atom. The fourth-order valence-corrected chi connectivity index (χ4v) is 5.36. The lowest BCUT2D eigenvalue weighted by molar-refractivity contribution is -0.144. The van der Waals surface area contributed by atoms with Gasteiger partial charge in [-0.1, -0.05) is 23.7 Å². The zero-order valence-electron chi connectivity index (χ0n) is 17.8. The Morgan fingerprint density at radius 1 is 1.30 bits per heavy atom. The number of thiophene rings is 1. The predicted molar refractivity (Wildman–Crippen MR) is 118 cm³/mol. The molecule has 2 aromatic rings. The number of carbonyl (C=O) groups excluding carboxylic acids is 4. The molecule has 0 aliphatic carbocycles. The SMILES string of the molecule is Cc1ccc(C(F)(F)C(=O)CCc2scc3c2CN(C2CCCC(=O)NC2=O)C3=O)cc1Cl. The Balaban J connectivity index is 1.46. The first-order valence-corrected chi connectivity index (χ1v) is 11.8. The van der Waals surface area contributed by atoms with Gasteiger partial charge in [-0.15, -0.1) is 11.3 Å². The first-order valence-electron chi connectivity index (χ1n) is 10.5. The van der Waals surface area contributed by atoms with Gasteiger partial charge >= 0.3 is 5.92 Å². The van der Waals surface area contributed by atoms with Crippen LogP contribution in [0.15, 0.2) is 23.6 Å². The van der Waals surface area contributed by atoms with E-state index in [1.165, 1.54) is 28.4 Å². The average Bonchev–Trinajstić information content (AvgIpc) is 3.25. The molecule has 1 fully saturated rings. The number of hydrogen-bond donors (Lipinski definition) is 1. The van der Waals surface area contributed by atoms with Gasteiger partial charge in [0.2, 0.25) is 17.6 Å². The van der Waals surface area contributed by atoms with E-state index < -0.39 is 35.6 Å². The molecule has 0 saturated carbocycles. The minimum absolute atomic E-state index is 0.0600. The highest BCUT2D eigenvalue weighted by molar-refractivity contribution is 7.10. The topological polar surface area (TPSA) is 83.6 Å². The van der Waals surface area contributed by atoms with Gasteiger partial charge in [0, 0.05) is 40.2 Å². The van der Waals surface area contributed by atoms with Crippen molar-refractivity contribution in [3.05, 3.63) is 55.7 Å². The van der Waals surface area contributed by atoms with E-state index in [2.05, 4.69) is 5.32 Å². The third kappa shape index (κ3) is 4.44. The third-order valence-corrected chi connectivity index (χ3v) is 7.58. The molecule has 3 amide bonds. The molecular weight excluding hydrogens is 474 g/mol. The van der Waals surface area contributed by atoms with E-state index in [1.807, 2.05) is 0 Å². The molecular formula is C23H21ClF2N2O4S. The van der Waals surface area contributed by atoms with Crippen LogP contribution in [-0.2, 0) is 33.3 Å². The van der Waals surface area contributed by atoms with Crippen molar-refractivity contribution in [3.8, 4) is 0 Å². The second-order valence-corrected chi connectivity index (χ2v) is 9.64. The van der Waals surface area contributed by atoms with Crippen molar-refractivity contribution >= 4 is 46.4 Å². The van der Waals surface area contributed by atoms with Crippen LogP contribution in [0.3, 0.4) is 0 Å². The fourth-order valence-electron chi connectivity index (χ4n) is 4.13. The van der Waals surface area contributed by atoms with Crippen LogP contribution >= 0.6 is 22.9 Å². The minimum Gasteiger partial charge on any atom is -0.322 e. The molecule has 2 aliphatic heterocycles. The van der Waals surface area contributed by atoms with Gasteiger partial charge in [0.05, 0.1) is 5.56 Å². The van der Waals surface area contributed by atoms with Gasteiger partial charge in [0.1, 0.15) is 6.04 Å². The van der Waals surface area contributed by atoms with E-state index in [-0.39, 0.29) is 36.2 Å². The van der Waals surface area contributed by atoms with Gasteiger partial charge < -0.3 is 4.90 Å². The van der Waals surface area contributed by atoms with Gasteiger partial charge in [0.25, 0.3) is 5.91 Å². The fraction of sp³-hybridized carbons (Fsp3) is 0.391. The molecule has 2 aliphatic rings. The standard InChI is InChI=1S/C23H21ClF2N2O4S/c1-12-5-6-13(9-16(12)24)23(25,26)19(29)8-7-18-14-10-28(22(32)15(14)11-33-18)17-3-2-4-20(30)27-21(17)31/h5-6,9,11,17H,2-4,7-8,10H2,1H3,(H,27,30,31). The van der Waals surface area contributed by atoms with Crippen LogP contribution in [0.25, 0.3) is 0 Å². The van der Waals surface area contributed by atoms with Gasteiger partial charge in [0.15, 0.2) is 0 Å². The van der Waals surface area contributed by atoms with E-state index in [4.69, 9.17) is 11.6 Å². The molecule has 4 rings (SSSR count). The van der Waals surface area contributed by atoms with E-state index in [1.54, 1.807) is 12.3 Å². The summed E-state index contributed by atoms with van der Waals surface area (Å²) in [5, 5.41) is 4.10. The lowest BCUT2D eigenvalue weighted by Crippen LogP contribution is -2.47. The normalized spacial score (nSPS) is 18.8. The number of amides is 3. The quantitative estimate of drug-likeness (QED) is 0.611. The molecule has 1 saturated heterocycles. The molecule has 0 radical (unpaired) electrons. The zero-order valence-corrected chi connectivity index (χ0v) is 19.3. The smallest absolute Gasteiger partial charge is 0.322 e. The number of imide groups is 1. The molecule has 0 bridgehead atoms. The molecule has 1 aromatic carbocycles. The van der Waals surface area contributed by atoms with E-state index in [0.717, 1.165) is 6.07 Å². The largest absolute Gasteiger partial charge is 0.330 e. The summed E-state index contributed by atoms with van der Waals surface area (Å²) in [5.41, 5.74) is 1.26. The summed E-state index contributed by atoms with van der Waals surface area (Å²) < 4.78 is 29.4. The maximum absolute atomic E-state index is 14.7. The van der Waals surface area contributed by atoms with Crippen molar-refractivity contribution in [1.82, 2.24) is 10.2 Å². The molecule has 6 nitrogen and oxygen atoms in total. The summed E-state index contributed by atoms with van der Waals surface area (Å²) in [6, 6.07) is 2.99. The Morgan fingerprint density at radius 2 is 2.06 bits per heavy atom. The molecule has 1 atom stereocenters. The summed E-state index contributed by atoms with van der Waals surface area (Å²) in [5.74, 6) is -6.10. The van der Waals surface area contributed by atoms with Crippen molar-refractivity contribution in [2.45, 2.75) is 57.5 Å². The first kappa shape index (κ1) is 23.5. The maximum atomic E-state index is 14.7. The Kier molecular flexibility index (Phi) is 6.37. The molecule has 3 heterocycles. The molecule has 174 valence electrons. The van der Waals surface area contributed by atoms with Crippen molar-refractivity contribution in [1.29, 1.82) is 0 Å². The second-order valence-electron chi connectivity index (χ2n) is 8.27. The molecule has 1 aromatic heterocycles. The van der Waals surface area contributed by atoms with Crippen molar-refractivity contribution < 1.29 is 28.0 Å². The monoisotopic (exact) mass is 494 g/mol. The van der Waals surface area contributed by atoms with Gasteiger partial charge in [-0.3, -0.25) is 24.5 Å². The van der Waals surface area contributed by atoms with Crippen LogP contribution in [0, 0.1) is 6.92 Å². The van der Waals surface area contributed by atoms with Crippen LogP contribution in [0.4, 0.5) is 8.78 Å². The summed E-state index contributed by atoms with van der Waals surface area (Å²) in [6.45, 7) is 1.84. The van der Waals surface area contributed by atoms with Crippen molar-refractivity contribution in [3.63, 3.8) is 0 Å². The molecule has 1 unspecified atom stereocenters. The van der Waals surface area contributed by atoms with Gasteiger partial charge in [-0.05, 0) is 43.4 Å². The summed E-state index contributed by atoms with van der Waals surface area (Å²) in [4.78, 5) is 51.3. The summed E-state index contributed by atoms with van der Waals surface area (Å²) in [6.07, 6.45) is 0.732. The number of nitrogens with zero attached hydrogens (tertiary/aromatic N) is 1. The van der Waals surface area contributed by atoms with Crippen LogP contribution in [0.1, 0.15) is 57.6 Å². The average molecular weight is 495 g/mol. The first-order chi connectivity index (χ1) is 15.6. The predicted octanol–water partition coefficient (Wildman–Crippen LogP) is 4.15. The molecule has 10 heteroatoms. The minimum atomic E-state index is -3.68. The lowest BCUT2D eigenvalue weighted by Gasteiger charge is -2.25. The number of Topliss-reactive ketones (excluding diaryl/α,β-unsaturated/α-hetero) is 1. The second kappa shape index (κ2) is 8.95. The Bertz CT molecular complexity index is 1160. The number of benzene rings is 1. The van der Waals surface area contributed by atoms with Crippen LogP contribution in [-0.4, -0.2) is 34.4 Å². The van der Waals surface area contributed by atoms with Crippen LogP contribution in [0.5, 0.6) is 0 Å². The van der Waals surface area contributed by atoms with Gasteiger partial charge in [-0.25, -0.2) is 0 Å². The van der Waals surface area contributed by atoms with Gasteiger partial charge in [-0.2, -0.15) is 8.78 Å². The number of halogens is 3. The maximum Gasteiger partial charge on any atom is 0.330 e. The number of fused-ring (bicyclic) bond motifs is 1. The highest BCUT2D eigenvalue weighted by Gasteiger charge is 2.42. The Hall–Kier alpha value is -2.65.